The van der Waals surface area contributed by atoms with Gasteiger partial charge in [-0.25, -0.2) is 4.79 Å². The maximum atomic E-state index is 11.9. The molecule has 0 aromatic heterocycles. The number of halogens is 3. The fourth-order valence-electron chi connectivity index (χ4n) is 2.02. The van der Waals surface area contributed by atoms with Crippen molar-refractivity contribution in [1.82, 2.24) is 10.6 Å². The van der Waals surface area contributed by atoms with Crippen LogP contribution in [-0.2, 0) is 0 Å². The third-order valence-electron chi connectivity index (χ3n) is 2.89. The summed E-state index contributed by atoms with van der Waals surface area (Å²) in [5.41, 5.74) is 0. The minimum Gasteiger partial charge on any atom is -0.335 e. The van der Waals surface area contributed by atoms with E-state index in [9.17, 15) is 18.0 Å². The van der Waals surface area contributed by atoms with Crippen LogP contribution < -0.4 is 10.6 Å². The summed E-state index contributed by atoms with van der Waals surface area (Å²) < 4.78 is 35.6. The number of rotatable bonds is 2. The summed E-state index contributed by atoms with van der Waals surface area (Å²) in [5, 5.41) is 4.44. The molecule has 17 heavy (non-hydrogen) atoms. The van der Waals surface area contributed by atoms with Gasteiger partial charge in [0.2, 0.25) is 0 Å². The molecule has 2 N–H and O–H groups in total. The summed E-state index contributed by atoms with van der Waals surface area (Å²) in [7, 11) is 0. The Hall–Kier alpha value is -0.940. The van der Waals surface area contributed by atoms with Gasteiger partial charge in [-0.15, -0.1) is 0 Å². The average Bonchev–Trinajstić information content (AvgIpc) is 2.18. The van der Waals surface area contributed by atoms with Crippen LogP contribution in [0.3, 0.4) is 0 Å². The van der Waals surface area contributed by atoms with E-state index in [1.54, 1.807) is 0 Å². The summed E-state index contributed by atoms with van der Waals surface area (Å²) in [6.45, 7) is -1.27. The molecule has 0 heterocycles. The van der Waals surface area contributed by atoms with E-state index >= 15 is 0 Å². The largest absolute Gasteiger partial charge is 0.405 e. The van der Waals surface area contributed by atoms with E-state index in [1.807, 2.05) is 5.32 Å². The fourth-order valence-corrected chi connectivity index (χ4v) is 2.02. The number of carbonyl (C=O) groups excluding carboxylic acids is 1. The Balaban J connectivity index is 2.23. The molecule has 1 aliphatic carbocycles. The molecule has 0 saturated heterocycles. The van der Waals surface area contributed by atoms with Crippen molar-refractivity contribution in [2.45, 2.75) is 57.2 Å². The number of urea groups is 1. The Bertz CT molecular complexity index is 235. The lowest BCUT2D eigenvalue weighted by Gasteiger charge is -2.21. The molecule has 0 spiro atoms. The highest BCUT2D eigenvalue weighted by Gasteiger charge is 2.28. The SMILES string of the molecule is O=C(NCC(F)(F)F)NC1CCCCCCC1. The van der Waals surface area contributed by atoms with Gasteiger partial charge in [-0.1, -0.05) is 32.1 Å². The first-order chi connectivity index (χ1) is 7.97. The minimum atomic E-state index is -4.35. The molecule has 6 heteroatoms. The zero-order valence-electron chi connectivity index (χ0n) is 9.78. The number of hydrogen-bond acceptors (Lipinski definition) is 1. The minimum absolute atomic E-state index is 0.0172. The van der Waals surface area contributed by atoms with E-state index in [0.717, 1.165) is 38.5 Å². The lowest BCUT2D eigenvalue weighted by molar-refractivity contribution is -0.122. The third kappa shape index (κ3) is 7.07. The van der Waals surface area contributed by atoms with Crippen LogP contribution in [0.4, 0.5) is 18.0 Å². The second kappa shape index (κ2) is 6.71. The van der Waals surface area contributed by atoms with E-state index < -0.39 is 18.8 Å². The second-order valence-electron chi connectivity index (χ2n) is 4.48. The molecule has 0 unspecified atom stereocenters. The summed E-state index contributed by atoms with van der Waals surface area (Å²) >= 11 is 0. The summed E-state index contributed by atoms with van der Waals surface area (Å²) in [4.78, 5) is 11.2. The molecule has 0 bridgehead atoms. The van der Waals surface area contributed by atoms with Gasteiger partial charge in [0.1, 0.15) is 6.54 Å². The molecular weight excluding hydrogens is 233 g/mol. The Morgan fingerprint density at radius 3 is 2.12 bits per heavy atom. The van der Waals surface area contributed by atoms with Crippen molar-refractivity contribution in [2.24, 2.45) is 0 Å². The van der Waals surface area contributed by atoms with Gasteiger partial charge >= 0.3 is 12.2 Å². The topological polar surface area (TPSA) is 41.1 Å². The number of nitrogens with one attached hydrogen (secondary N) is 2. The van der Waals surface area contributed by atoms with Crippen molar-refractivity contribution in [3.05, 3.63) is 0 Å². The number of carbonyl (C=O) groups is 1. The van der Waals surface area contributed by atoms with Crippen LogP contribution in [0.2, 0.25) is 0 Å². The van der Waals surface area contributed by atoms with Crippen LogP contribution in [0.25, 0.3) is 0 Å². The van der Waals surface area contributed by atoms with Crippen LogP contribution in [0, 0.1) is 0 Å². The zero-order valence-corrected chi connectivity index (χ0v) is 9.78. The van der Waals surface area contributed by atoms with E-state index in [0.29, 0.717) is 0 Å². The first kappa shape index (κ1) is 14.1. The van der Waals surface area contributed by atoms with Gasteiger partial charge in [-0.3, -0.25) is 0 Å². The lowest BCUT2D eigenvalue weighted by atomic mass is 9.97. The Labute approximate surface area is 99.1 Å². The first-order valence-corrected chi connectivity index (χ1v) is 6.08. The number of amides is 2. The highest BCUT2D eigenvalue weighted by molar-refractivity contribution is 5.74. The average molecular weight is 252 g/mol. The van der Waals surface area contributed by atoms with Gasteiger partial charge < -0.3 is 10.6 Å². The molecule has 0 atom stereocenters. The molecule has 0 radical (unpaired) electrons. The molecule has 1 aliphatic rings. The molecule has 100 valence electrons. The van der Waals surface area contributed by atoms with Crippen LogP contribution in [-0.4, -0.2) is 24.8 Å². The van der Waals surface area contributed by atoms with Gasteiger partial charge in [0.15, 0.2) is 0 Å². The van der Waals surface area contributed by atoms with Crippen molar-refractivity contribution >= 4 is 6.03 Å². The summed E-state index contributed by atoms with van der Waals surface area (Å²) in [5.74, 6) is 0. The summed E-state index contributed by atoms with van der Waals surface area (Å²) in [6, 6.07) is -0.698. The maximum absolute atomic E-state index is 11.9. The molecule has 3 nitrogen and oxygen atoms in total. The quantitative estimate of drug-likeness (QED) is 0.779. The highest BCUT2D eigenvalue weighted by Crippen LogP contribution is 2.17. The third-order valence-corrected chi connectivity index (χ3v) is 2.89. The molecule has 0 aromatic carbocycles. The molecule has 1 fully saturated rings. The zero-order chi connectivity index (χ0) is 12.7. The van der Waals surface area contributed by atoms with E-state index in [2.05, 4.69) is 5.32 Å². The fraction of sp³-hybridized carbons (Fsp3) is 0.909. The normalized spacial score (nSPS) is 19.2. The Kier molecular flexibility index (Phi) is 5.58. The van der Waals surface area contributed by atoms with Gasteiger partial charge in [0.05, 0.1) is 0 Å². The Morgan fingerprint density at radius 2 is 1.59 bits per heavy atom. The standard InChI is InChI=1S/C11H19F3N2O/c12-11(13,14)8-15-10(17)16-9-6-4-2-1-3-5-7-9/h9H,1-8H2,(H2,15,16,17). The van der Waals surface area contributed by atoms with Crippen LogP contribution >= 0.6 is 0 Å². The number of alkyl halides is 3. The molecule has 1 saturated carbocycles. The maximum Gasteiger partial charge on any atom is 0.405 e. The van der Waals surface area contributed by atoms with Gasteiger partial charge in [-0.05, 0) is 12.8 Å². The number of hydrogen-bond donors (Lipinski definition) is 2. The van der Waals surface area contributed by atoms with Crippen LogP contribution in [0.15, 0.2) is 0 Å². The van der Waals surface area contributed by atoms with Crippen LogP contribution in [0.1, 0.15) is 44.9 Å². The first-order valence-electron chi connectivity index (χ1n) is 6.08. The van der Waals surface area contributed by atoms with Crippen molar-refractivity contribution in [1.29, 1.82) is 0 Å². The second-order valence-corrected chi connectivity index (χ2v) is 4.48. The predicted molar refractivity (Wildman–Crippen MR) is 58.7 cm³/mol. The monoisotopic (exact) mass is 252 g/mol. The molecule has 2 amide bonds. The molecule has 0 aromatic rings. The molecule has 1 rings (SSSR count). The van der Waals surface area contributed by atoms with E-state index in [-0.39, 0.29) is 6.04 Å². The highest BCUT2D eigenvalue weighted by atomic mass is 19.4. The molecule has 0 aliphatic heterocycles. The van der Waals surface area contributed by atoms with Gasteiger partial charge in [0.25, 0.3) is 0 Å². The van der Waals surface area contributed by atoms with Crippen LogP contribution in [0.5, 0.6) is 0 Å². The van der Waals surface area contributed by atoms with Crippen molar-refractivity contribution in [3.8, 4) is 0 Å². The lowest BCUT2D eigenvalue weighted by Crippen LogP contribution is -2.45. The van der Waals surface area contributed by atoms with Crippen molar-refractivity contribution < 1.29 is 18.0 Å². The van der Waals surface area contributed by atoms with E-state index in [4.69, 9.17) is 0 Å². The predicted octanol–water partition coefficient (Wildman–Crippen LogP) is 2.96. The van der Waals surface area contributed by atoms with Gasteiger partial charge in [-0.2, -0.15) is 13.2 Å². The van der Waals surface area contributed by atoms with Gasteiger partial charge in [0, 0.05) is 6.04 Å². The smallest absolute Gasteiger partial charge is 0.335 e. The van der Waals surface area contributed by atoms with Crippen molar-refractivity contribution in [3.63, 3.8) is 0 Å². The van der Waals surface area contributed by atoms with E-state index in [1.165, 1.54) is 6.42 Å². The van der Waals surface area contributed by atoms with Crippen molar-refractivity contribution in [2.75, 3.05) is 6.54 Å². The molecular formula is C11H19F3N2O. The summed E-state index contributed by atoms with van der Waals surface area (Å²) in [6.07, 6.45) is 2.93. The Morgan fingerprint density at radius 1 is 1.06 bits per heavy atom.